The number of hydrogen-bond acceptors (Lipinski definition) is 4. The molecule has 0 saturated carbocycles. The third-order valence-electron chi connectivity index (χ3n) is 4.11. The number of rotatable bonds is 15. The van der Waals surface area contributed by atoms with Crippen LogP contribution in [0.5, 0.6) is 0 Å². The van der Waals surface area contributed by atoms with E-state index in [-0.39, 0.29) is 0 Å². The molecule has 0 aromatic rings. The van der Waals surface area contributed by atoms with Crippen LogP contribution in [0, 0.1) is 0 Å². The molecule has 23 heavy (non-hydrogen) atoms. The van der Waals surface area contributed by atoms with Gasteiger partial charge in [-0.1, -0.05) is 63.9 Å². The van der Waals surface area contributed by atoms with Crippen LogP contribution in [0.1, 0.15) is 90.9 Å². The summed E-state index contributed by atoms with van der Waals surface area (Å²) < 4.78 is 4.94. The molecule has 0 aromatic heterocycles. The van der Waals surface area contributed by atoms with E-state index in [9.17, 15) is 9.90 Å². The molecule has 0 rings (SSSR count). The minimum Gasteiger partial charge on any atom is -0.433 e. The van der Waals surface area contributed by atoms with Crippen molar-refractivity contribution in [1.82, 2.24) is 0 Å². The molecule has 0 aromatic carbocycles. The van der Waals surface area contributed by atoms with E-state index in [0.29, 0.717) is 18.6 Å². The van der Waals surface area contributed by atoms with Gasteiger partial charge in [0.2, 0.25) is 6.29 Å². The number of carbonyl (C=O) groups is 1. The summed E-state index contributed by atoms with van der Waals surface area (Å²) in [7, 11) is 0. The lowest BCUT2D eigenvalue weighted by atomic mass is 10.1. The fourth-order valence-electron chi connectivity index (χ4n) is 2.42. The lowest BCUT2D eigenvalue weighted by molar-refractivity contribution is -0.163. The van der Waals surface area contributed by atoms with Crippen LogP contribution in [0.2, 0.25) is 0 Å². The summed E-state index contributed by atoms with van der Waals surface area (Å²) in [5.74, 6) is -0.431. The van der Waals surface area contributed by atoms with E-state index in [1.54, 1.807) is 19.9 Å². The number of aliphatic hydroxyl groups excluding tert-OH is 2. The Morgan fingerprint density at radius 2 is 1.35 bits per heavy atom. The molecule has 0 aliphatic heterocycles. The molecule has 0 aliphatic carbocycles. The molecule has 136 valence electrons. The van der Waals surface area contributed by atoms with Crippen molar-refractivity contribution in [2.75, 3.05) is 6.61 Å². The van der Waals surface area contributed by atoms with Crippen molar-refractivity contribution in [2.24, 2.45) is 0 Å². The highest BCUT2D eigenvalue weighted by atomic mass is 16.6. The van der Waals surface area contributed by atoms with E-state index >= 15 is 0 Å². The second-order valence-corrected chi connectivity index (χ2v) is 6.23. The number of aliphatic hydroxyl groups is 2. The normalized spacial score (nSPS) is 13.1. The summed E-state index contributed by atoms with van der Waals surface area (Å²) in [4.78, 5) is 11.4. The van der Waals surface area contributed by atoms with E-state index < -0.39 is 12.3 Å². The van der Waals surface area contributed by atoms with Gasteiger partial charge in [-0.3, -0.25) is 0 Å². The van der Waals surface area contributed by atoms with Crippen molar-refractivity contribution in [3.63, 3.8) is 0 Å². The maximum atomic E-state index is 11.4. The maximum absolute atomic E-state index is 11.4. The predicted molar refractivity (Wildman–Crippen MR) is 94.0 cm³/mol. The van der Waals surface area contributed by atoms with Crippen LogP contribution in [-0.2, 0) is 9.53 Å². The molecule has 4 nitrogen and oxygen atoms in total. The van der Waals surface area contributed by atoms with Crippen molar-refractivity contribution in [3.8, 4) is 0 Å². The van der Waals surface area contributed by atoms with Gasteiger partial charge in [0, 0.05) is 18.6 Å². The zero-order valence-corrected chi connectivity index (χ0v) is 15.1. The van der Waals surface area contributed by atoms with Gasteiger partial charge < -0.3 is 14.9 Å². The highest BCUT2D eigenvalue weighted by Gasteiger charge is 2.11. The van der Waals surface area contributed by atoms with Crippen LogP contribution in [0.4, 0.5) is 0 Å². The van der Waals surface area contributed by atoms with Gasteiger partial charge in [0.15, 0.2) is 0 Å². The summed E-state index contributed by atoms with van der Waals surface area (Å²) in [6.07, 6.45) is 14.1. The first-order chi connectivity index (χ1) is 11.1. The van der Waals surface area contributed by atoms with Gasteiger partial charge in [0.25, 0.3) is 0 Å². The van der Waals surface area contributed by atoms with Crippen molar-refractivity contribution < 1.29 is 19.7 Å². The molecular formula is C19H36O4. The Hall–Kier alpha value is -0.870. The summed E-state index contributed by atoms with van der Waals surface area (Å²) >= 11 is 0. The Bertz CT molecular complexity index is 312. The number of allylic oxidation sites excluding steroid dienone is 1. The van der Waals surface area contributed by atoms with Crippen LogP contribution in [0.15, 0.2) is 11.6 Å². The summed E-state index contributed by atoms with van der Waals surface area (Å²) in [6, 6.07) is 0. The van der Waals surface area contributed by atoms with E-state index in [1.807, 2.05) is 0 Å². The Morgan fingerprint density at radius 1 is 0.913 bits per heavy atom. The highest BCUT2D eigenvalue weighted by molar-refractivity contribution is 5.87. The third kappa shape index (κ3) is 14.5. The summed E-state index contributed by atoms with van der Waals surface area (Å²) in [5.41, 5.74) is 0.528. The molecule has 0 saturated heterocycles. The number of esters is 1. The third-order valence-corrected chi connectivity index (χ3v) is 4.11. The van der Waals surface area contributed by atoms with Crippen LogP contribution < -0.4 is 0 Å². The average Bonchev–Trinajstić information content (AvgIpc) is 2.54. The second-order valence-electron chi connectivity index (χ2n) is 6.23. The molecule has 0 radical (unpaired) electrons. The van der Waals surface area contributed by atoms with Crippen LogP contribution in [-0.4, -0.2) is 29.1 Å². The summed E-state index contributed by atoms with van der Waals surface area (Å²) in [5, 5.41) is 18.3. The van der Waals surface area contributed by atoms with Gasteiger partial charge in [-0.15, -0.1) is 0 Å². The first-order valence-electron chi connectivity index (χ1n) is 9.24. The quantitative estimate of drug-likeness (QED) is 0.201. The van der Waals surface area contributed by atoms with Crippen molar-refractivity contribution >= 4 is 5.97 Å². The SMILES string of the molecule is CC=C(C)C(=O)OC(O)CCCCCCCCCCCCCO. The fraction of sp³-hybridized carbons (Fsp3) is 0.842. The molecule has 4 heteroatoms. The highest BCUT2D eigenvalue weighted by Crippen LogP contribution is 2.13. The molecule has 0 heterocycles. The zero-order valence-electron chi connectivity index (χ0n) is 15.1. The Kier molecular flexibility index (Phi) is 15.4. The maximum Gasteiger partial charge on any atom is 0.335 e. The molecule has 0 amide bonds. The fourth-order valence-corrected chi connectivity index (χ4v) is 2.42. The first-order valence-corrected chi connectivity index (χ1v) is 9.24. The standard InChI is InChI=1S/C19H36O4/c1-3-17(2)19(22)23-18(21)15-13-11-9-7-5-4-6-8-10-12-14-16-20/h3,18,20-21H,4-16H2,1-2H3. The van der Waals surface area contributed by atoms with Gasteiger partial charge in [-0.2, -0.15) is 0 Å². The van der Waals surface area contributed by atoms with Crippen LogP contribution in [0.3, 0.4) is 0 Å². The van der Waals surface area contributed by atoms with Gasteiger partial charge >= 0.3 is 5.97 Å². The van der Waals surface area contributed by atoms with Gasteiger partial charge in [0.05, 0.1) is 0 Å². The second kappa shape index (κ2) is 16.0. The van der Waals surface area contributed by atoms with E-state index in [0.717, 1.165) is 25.7 Å². The lowest BCUT2D eigenvalue weighted by Crippen LogP contribution is -2.18. The molecule has 0 spiro atoms. The molecule has 1 atom stereocenters. The van der Waals surface area contributed by atoms with E-state index in [1.165, 1.54) is 44.9 Å². The Labute approximate surface area is 141 Å². The number of carbonyl (C=O) groups excluding carboxylic acids is 1. The van der Waals surface area contributed by atoms with Crippen molar-refractivity contribution in [1.29, 1.82) is 0 Å². The topological polar surface area (TPSA) is 66.8 Å². The smallest absolute Gasteiger partial charge is 0.335 e. The minimum absolute atomic E-state index is 0.322. The molecule has 0 bridgehead atoms. The van der Waals surface area contributed by atoms with E-state index in [2.05, 4.69) is 0 Å². The van der Waals surface area contributed by atoms with Crippen molar-refractivity contribution in [2.45, 2.75) is 97.2 Å². The monoisotopic (exact) mass is 328 g/mol. The zero-order chi connectivity index (χ0) is 17.3. The molecule has 0 fully saturated rings. The number of hydrogen-bond donors (Lipinski definition) is 2. The van der Waals surface area contributed by atoms with Gasteiger partial charge in [-0.05, 0) is 26.7 Å². The molecule has 2 N–H and O–H groups in total. The first kappa shape index (κ1) is 22.1. The molecular weight excluding hydrogens is 292 g/mol. The molecule has 1 unspecified atom stereocenters. The lowest BCUT2D eigenvalue weighted by Gasteiger charge is -2.12. The van der Waals surface area contributed by atoms with Crippen molar-refractivity contribution in [3.05, 3.63) is 11.6 Å². The summed E-state index contributed by atoms with van der Waals surface area (Å²) in [6.45, 7) is 3.78. The van der Waals surface area contributed by atoms with Crippen LogP contribution >= 0.6 is 0 Å². The largest absolute Gasteiger partial charge is 0.433 e. The van der Waals surface area contributed by atoms with E-state index in [4.69, 9.17) is 9.84 Å². The minimum atomic E-state index is -0.976. The Balaban J connectivity index is 3.31. The van der Waals surface area contributed by atoms with Crippen LogP contribution in [0.25, 0.3) is 0 Å². The number of ether oxygens (including phenoxy) is 1. The number of unbranched alkanes of at least 4 members (excludes halogenated alkanes) is 10. The van der Waals surface area contributed by atoms with Gasteiger partial charge in [-0.25, -0.2) is 4.79 Å². The predicted octanol–water partition coefficient (Wildman–Crippen LogP) is 4.49. The Morgan fingerprint density at radius 3 is 1.78 bits per heavy atom. The average molecular weight is 328 g/mol. The molecule has 0 aliphatic rings. The van der Waals surface area contributed by atoms with Gasteiger partial charge in [0.1, 0.15) is 0 Å².